The van der Waals surface area contributed by atoms with Crippen LogP contribution in [0.1, 0.15) is 23.7 Å². The molecule has 1 aliphatic carbocycles. The van der Waals surface area contributed by atoms with Crippen LogP contribution in [0.5, 0.6) is 0 Å². The second-order valence-electron chi connectivity index (χ2n) is 5.04. The lowest BCUT2D eigenvalue weighted by molar-refractivity contribution is 0.0951. The molecular weight excluding hydrogens is 300 g/mol. The van der Waals surface area contributed by atoms with Crippen LogP contribution in [0.25, 0.3) is 0 Å². The molecule has 1 saturated carbocycles. The molecule has 7 heteroatoms. The maximum atomic E-state index is 12.0. The highest BCUT2D eigenvalue weighted by Crippen LogP contribution is 2.36. The molecule has 110 valence electrons. The van der Waals surface area contributed by atoms with E-state index in [1.807, 2.05) is 0 Å². The smallest absolute Gasteiger partial charge is 0.251 e. The zero-order chi connectivity index (χ0) is 14.9. The van der Waals surface area contributed by atoms with Crippen LogP contribution >= 0.6 is 11.6 Å². The van der Waals surface area contributed by atoms with Crippen LogP contribution in [-0.2, 0) is 10.0 Å². The van der Waals surface area contributed by atoms with Gasteiger partial charge in [0.25, 0.3) is 5.91 Å². The van der Waals surface area contributed by atoms with Crippen molar-refractivity contribution >= 4 is 27.5 Å². The lowest BCUT2D eigenvalue weighted by Crippen LogP contribution is -2.26. The zero-order valence-electron chi connectivity index (χ0n) is 11.3. The molecule has 0 bridgehead atoms. The fourth-order valence-corrected chi connectivity index (χ4v) is 3.22. The van der Waals surface area contributed by atoms with Gasteiger partial charge in [-0.15, -0.1) is 0 Å². The monoisotopic (exact) mass is 316 g/mol. The molecule has 0 spiro atoms. The quantitative estimate of drug-likeness (QED) is 0.867. The van der Waals surface area contributed by atoms with Gasteiger partial charge >= 0.3 is 0 Å². The van der Waals surface area contributed by atoms with Gasteiger partial charge in [-0.1, -0.05) is 18.5 Å². The Kier molecular flexibility index (Phi) is 4.36. The lowest BCUT2D eigenvalue weighted by Gasteiger charge is -2.08. The van der Waals surface area contributed by atoms with Crippen molar-refractivity contribution in [1.29, 1.82) is 0 Å². The third kappa shape index (κ3) is 3.31. The van der Waals surface area contributed by atoms with Crippen LogP contribution < -0.4 is 10.0 Å². The fourth-order valence-electron chi connectivity index (χ4n) is 1.97. The highest BCUT2D eigenvalue weighted by Gasteiger charge is 2.32. The predicted octanol–water partition coefficient (Wildman–Crippen LogP) is 1.63. The first-order valence-corrected chi connectivity index (χ1v) is 8.22. The van der Waals surface area contributed by atoms with Gasteiger partial charge in [-0.25, -0.2) is 13.1 Å². The Bertz CT molecular complexity index is 631. The summed E-state index contributed by atoms with van der Waals surface area (Å²) < 4.78 is 25.8. The van der Waals surface area contributed by atoms with E-state index in [-0.39, 0.29) is 21.4 Å². The first-order chi connectivity index (χ1) is 9.35. The second-order valence-corrected chi connectivity index (χ2v) is 7.30. The molecule has 0 radical (unpaired) electrons. The Balaban J connectivity index is 2.16. The molecule has 0 unspecified atom stereocenters. The van der Waals surface area contributed by atoms with E-state index in [0.29, 0.717) is 18.4 Å². The minimum atomic E-state index is -3.67. The third-order valence-electron chi connectivity index (χ3n) is 3.55. The SMILES string of the molecule is CNS(=O)(=O)c1cc(C(=O)NC[C@H]2C[C@@H]2C)ccc1Cl. The molecule has 0 heterocycles. The van der Waals surface area contributed by atoms with Gasteiger partial charge in [-0.05, 0) is 43.5 Å². The van der Waals surface area contributed by atoms with Gasteiger partial charge in [0.15, 0.2) is 0 Å². The molecule has 1 aromatic carbocycles. The Morgan fingerprint density at radius 3 is 2.65 bits per heavy atom. The first-order valence-electron chi connectivity index (χ1n) is 6.36. The molecule has 2 N–H and O–H groups in total. The number of sulfonamides is 1. The van der Waals surface area contributed by atoms with Crippen LogP contribution in [0.2, 0.25) is 5.02 Å². The summed E-state index contributed by atoms with van der Waals surface area (Å²) >= 11 is 5.87. The van der Waals surface area contributed by atoms with E-state index in [0.717, 1.165) is 6.42 Å². The minimum absolute atomic E-state index is 0.0888. The van der Waals surface area contributed by atoms with Crippen molar-refractivity contribution in [3.63, 3.8) is 0 Å². The summed E-state index contributed by atoms with van der Waals surface area (Å²) in [6.07, 6.45) is 1.13. The summed E-state index contributed by atoms with van der Waals surface area (Å²) in [7, 11) is -2.38. The molecule has 2 atom stereocenters. The molecule has 20 heavy (non-hydrogen) atoms. The fraction of sp³-hybridized carbons (Fsp3) is 0.462. The number of halogens is 1. The number of amides is 1. The van der Waals surface area contributed by atoms with Crippen molar-refractivity contribution in [3.8, 4) is 0 Å². The molecule has 1 amide bonds. The first kappa shape index (κ1) is 15.3. The normalized spacial score (nSPS) is 21.6. The van der Waals surface area contributed by atoms with Crippen molar-refractivity contribution in [3.05, 3.63) is 28.8 Å². The predicted molar refractivity (Wildman–Crippen MR) is 77.3 cm³/mol. The molecule has 0 aromatic heterocycles. The van der Waals surface area contributed by atoms with Crippen LogP contribution in [0.4, 0.5) is 0 Å². The van der Waals surface area contributed by atoms with Gasteiger partial charge in [-0.2, -0.15) is 0 Å². The average molecular weight is 317 g/mol. The Morgan fingerprint density at radius 1 is 1.45 bits per heavy atom. The Morgan fingerprint density at radius 2 is 2.10 bits per heavy atom. The molecular formula is C13H17ClN2O3S. The van der Waals surface area contributed by atoms with E-state index in [2.05, 4.69) is 17.0 Å². The van der Waals surface area contributed by atoms with Crippen LogP contribution in [0, 0.1) is 11.8 Å². The highest BCUT2D eigenvalue weighted by molar-refractivity contribution is 7.89. The van der Waals surface area contributed by atoms with Gasteiger partial charge in [0.2, 0.25) is 10.0 Å². The minimum Gasteiger partial charge on any atom is -0.352 e. The third-order valence-corrected chi connectivity index (χ3v) is 5.45. The standard InChI is InChI=1S/C13H17ClN2O3S/c1-8-5-10(8)7-16-13(17)9-3-4-11(14)12(6-9)20(18,19)15-2/h3-4,6,8,10,15H,5,7H2,1-2H3,(H,16,17)/t8-,10+/m0/s1. The Hall–Kier alpha value is -1.11. The summed E-state index contributed by atoms with van der Waals surface area (Å²) in [6, 6.07) is 4.23. The summed E-state index contributed by atoms with van der Waals surface area (Å²) in [5.41, 5.74) is 0.288. The largest absolute Gasteiger partial charge is 0.352 e. The molecule has 1 aliphatic rings. The summed E-state index contributed by atoms with van der Waals surface area (Å²) in [4.78, 5) is 11.9. The topological polar surface area (TPSA) is 75.3 Å². The maximum absolute atomic E-state index is 12.0. The Labute approximate surface area is 123 Å². The van der Waals surface area contributed by atoms with Gasteiger partial charge in [0.1, 0.15) is 4.90 Å². The number of hydrogen-bond donors (Lipinski definition) is 2. The van der Waals surface area contributed by atoms with E-state index in [1.54, 1.807) is 0 Å². The van der Waals surface area contributed by atoms with E-state index in [1.165, 1.54) is 25.2 Å². The molecule has 2 rings (SSSR count). The van der Waals surface area contributed by atoms with Crippen molar-refractivity contribution in [1.82, 2.24) is 10.0 Å². The summed E-state index contributed by atoms with van der Waals surface area (Å²) in [6.45, 7) is 2.76. The van der Waals surface area contributed by atoms with Gasteiger partial charge < -0.3 is 5.32 Å². The van der Waals surface area contributed by atoms with E-state index >= 15 is 0 Å². The lowest BCUT2D eigenvalue weighted by atomic mass is 10.2. The number of benzene rings is 1. The zero-order valence-corrected chi connectivity index (χ0v) is 12.9. The summed E-state index contributed by atoms with van der Waals surface area (Å²) in [5.74, 6) is 0.904. The van der Waals surface area contributed by atoms with Crippen molar-refractivity contribution < 1.29 is 13.2 Å². The molecule has 1 fully saturated rings. The van der Waals surface area contributed by atoms with Gasteiger partial charge in [0, 0.05) is 12.1 Å². The number of carbonyl (C=O) groups excluding carboxylic acids is 1. The molecule has 5 nitrogen and oxygen atoms in total. The van der Waals surface area contributed by atoms with Gasteiger partial charge in [-0.3, -0.25) is 4.79 Å². The van der Waals surface area contributed by atoms with Crippen LogP contribution in [-0.4, -0.2) is 27.9 Å². The number of nitrogens with one attached hydrogen (secondary N) is 2. The second kappa shape index (κ2) is 5.71. The van der Waals surface area contributed by atoms with E-state index in [9.17, 15) is 13.2 Å². The number of carbonyl (C=O) groups is 1. The van der Waals surface area contributed by atoms with Crippen molar-refractivity contribution in [2.45, 2.75) is 18.2 Å². The molecule has 0 saturated heterocycles. The van der Waals surface area contributed by atoms with Crippen molar-refractivity contribution in [2.75, 3.05) is 13.6 Å². The van der Waals surface area contributed by atoms with Crippen LogP contribution in [0.15, 0.2) is 23.1 Å². The number of rotatable bonds is 5. The van der Waals surface area contributed by atoms with E-state index < -0.39 is 10.0 Å². The summed E-state index contributed by atoms with van der Waals surface area (Å²) in [5, 5.41) is 2.90. The highest BCUT2D eigenvalue weighted by atomic mass is 35.5. The van der Waals surface area contributed by atoms with E-state index in [4.69, 9.17) is 11.6 Å². The average Bonchev–Trinajstić information content (AvgIpc) is 3.12. The van der Waals surface area contributed by atoms with Gasteiger partial charge in [0.05, 0.1) is 5.02 Å². The molecule has 1 aromatic rings. The van der Waals surface area contributed by atoms with Crippen molar-refractivity contribution in [2.24, 2.45) is 11.8 Å². The number of hydrogen-bond acceptors (Lipinski definition) is 3. The van der Waals surface area contributed by atoms with Crippen LogP contribution in [0.3, 0.4) is 0 Å². The maximum Gasteiger partial charge on any atom is 0.251 e. The molecule has 0 aliphatic heterocycles.